The molecule has 0 atom stereocenters. The Bertz CT molecular complexity index is 297. The van der Waals surface area contributed by atoms with Gasteiger partial charge < -0.3 is 4.74 Å². The lowest BCUT2D eigenvalue weighted by atomic mass is 10.2. The third-order valence-electron chi connectivity index (χ3n) is 1.58. The zero-order valence-corrected chi connectivity index (χ0v) is 8.56. The Kier molecular flexibility index (Phi) is 3.83. The molecule has 0 aliphatic heterocycles. The summed E-state index contributed by atoms with van der Waals surface area (Å²) in [5, 5.41) is 0.0985. The largest absolute Gasteiger partial charge is 0.497 e. The molecule has 0 fully saturated rings. The zero-order chi connectivity index (χ0) is 9.68. The van der Waals surface area contributed by atoms with Crippen molar-refractivity contribution in [3.05, 3.63) is 29.8 Å². The highest BCUT2D eigenvalue weighted by Gasteiger charge is 2.05. The van der Waals surface area contributed by atoms with Crippen molar-refractivity contribution < 1.29 is 9.53 Å². The Balaban J connectivity index is 2.82. The number of hydrogen-bond acceptors (Lipinski definition) is 3. The minimum Gasteiger partial charge on any atom is -0.497 e. The van der Waals surface area contributed by atoms with E-state index in [1.54, 1.807) is 19.2 Å². The first-order valence-corrected chi connectivity index (χ1v) is 5.07. The number of benzene rings is 1. The minimum absolute atomic E-state index is 0.0985. The van der Waals surface area contributed by atoms with Crippen molar-refractivity contribution in [2.45, 2.75) is 6.92 Å². The van der Waals surface area contributed by atoms with E-state index < -0.39 is 0 Å². The van der Waals surface area contributed by atoms with Crippen LogP contribution in [0.15, 0.2) is 24.3 Å². The first-order chi connectivity index (χ1) is 6.27. The standard InChI is InChI=1S/C10H12O2S/c1-3-13-10(11)8-5-4-6-9(7-8)12-2/h4-7H,3H2,1-2H3. The predicted molar refractivity (Wildman–Crippen MR) is 55.5 cm³/mol. The second-order valence-electron chi connectivity index (χ2n) is 2.45. The first kappa shape index (κ1) is 10.1. The summed E-state index contributed by atoms with van der Waals surface area (Å²) in [4.78, 5) is 11.4. The maximum absolute atomic E-state index is 11.4. The van der Waals surface area contributed by atoms with Gasteiger partial charge in [-0.15, -0.1) is 0 Å². The molecule has 0 amide bonds. The molecule has 2 nitrogen and oxygen atoms in total. The van der Waals surface area contributed by atoms with Crippen LogP contribution in [0.3, 0.4) is 0 Å². The van der Waals surface area contributed by atoms with E-state index in [-0.39, 0.29) is 5.12 Å². The quantitative estimate of drug-likeness (QED) is 0.743. The third kappa shape index (κ3) is 2.77. The molecule has 0 aliphatic rings. The van der Waals surface area contributed by atoms with E-state index in [0.29, 0.717) is 5.56 Å². The Morgan fingerprint density at radius 3 is 2.92 bits per heavy atom. The molecule has 0 radical (unpaired) electrons. The molecular formula is C10H12O2S. The van der Waals surface area contributed by atoms with Gasteiger partial charge in [0, 0.05) is 5.56 Å². The van der Waals surface area contributed by atoms with Gasteiger partial charge in [-0.2, -0.15) is 0 Å². The summed E-state index contributed by atoms with van der Waals surface area (Å²) in [5.41, 5.74) is 0.700. The highest BCUT2D eigenvalue weighted by Crippen LogP contribution is 2.17. The smallest absolute Gasteiger partial charge is 0.219 e. The van der Waals surface area contributed by atoms with E-state index in [1.165, 1.54) is 11.8 Å². The molecule has 0 spiro atoms. The molecule has 0 heterocycles. The Labute approximate surface area is 82.3 Å². The fraction of sp³-hybridized carbons (Fsp3) is 0.300. The maximum Gasteiger partial charge on any atom is 0.219 e. The van der Waals surface area contributed by atoms with Crippen LogP contribution in [0.1, 0.15) is 17.3 Å². The van der Waals surface area contributed by atoms with Gasteiger partial charge in [0.05, 0.1) is 7.11 Å². The van der Waals surface area contributed by atoms with Gasteiger partial charge in [-0.1, -0.05) is 30.8 Å². The summed E-state index contributed by atoms with van der Waals surface area (Å²) < 4.78 is 5.02. The van der Waals surface area contributed by atoms with Gasteiger partial charge in [0.2, 0.25) is 5.12 Å². The molecule has 0 unspecified atom stereocenters. The van der Waals surface area contributed by atoms with Gasteiger partial charge in [0.25, 0.3) is 0 Å². The lowest BCUT2D eigenvalue weighted by Crippen LogP contribution is -1.94. The zero-order valence-electron chi connectivity index (χ0n) is 7.74. The molecule has 0 bridgehead atoms. The van der Waals surface area contributed by atoms with Crippen molar-refractivity contribution in [3.63, 3.8) is 0 Å². The number of thioether (sulfide) groups is 1. The Morgan fingerprint density at radius 1 is 1.54 bits per heavy atom. The topological polar surface area (TPSA) is 26.3 Å². The number of ether oxygens (including phenoxy) is 1. The number of carbonyl (C=O) groups is 1. The number of methoxy groups -OCH3 is 1. The number of carbonyl (C=O) groups excluding carboxylic acids is 1. The molecule has 0 N–H and O–H groups in total. The molecule has 13 heavy (non-hydrogen) atoms. The van der Waals surface area contributed by atoms with Gasteiger partial charge in [-0.3, -0.25) is 4.79 Å². The molecule has 1 aromatic carbocycles. The summed E-state index contributed by atoms with van der Waals surface area (Å²) in [6.45, 7) is 1.96. The molecule has 1 rings (SSSR count). The van der Waals surface area contributed by atoms with Crippen LogP contribution < -0.4 is 4.74 Å². The monoisotopic (exact) mass is 196 g/mol. The van der Waals surface area contributed by atoms with Crippen LogP contribution in [0.5, 0.6) is 5.75 Å². The Hall–Kier alpha value is -0.960. The van der Waals surface area contributed by atoms with E-state index in [0.717, 1.165) is 11.5 Å². The van der Waals surface area contributed by atoms with E-state index in [9.17, 15) is 4.79 Å². The summed E-state index contributed by atoms with van der Waals surface area (Å²) in [6, 6.07) is 7.20. The van der Waals surface area contributed by atoms with Crippen molar-refractivity contribution in [2.75, 3.05) is 12.9 Å². The van der Waals surface area contributed by atoms with Gasteiger partial charge in [-0.05, 0) is 17.9 Å². The summed E-state index contributed by atoms with van der Waals surface area (Å²) >= 11 is 1.31. The lowest BCUT2D eigenvalue weighted by Gasteiger charge is -2.01. The minimum atomic E-state index is 0.0985. The molecule has 0 saturated carbocycles. The van der Waals surface area contributed by atoms with E-state index in [1.807, 2.05) is 19.1 Å². The van der Waals surface area contributed by atoms with Crippen LogP contribution in [0, 0.1) is 0 Å². The molecular weight excluding hydrogens is 184 g/mol. The predicted octanol–water partition coefficient (Wildman–Crippen LogP) is 2.59. The molecule has 0 aromatic heterocycles. The average molecular weight is 196 g/mol. The molecule has 0 aliphatic carbocycles. The number of rotatable bonds is 3. The average Bonchev–Trinajstić information content (AvgIpc) is 2.18. The summed E-state index contributed by atoms with van der Waals surface area (Å²) in [5.74, 6) is 1.53. The second-order valence-corrected chi connectivity index (χ2v) is 3.69. The van der Waals surface area contributed by atoms with E-state index >= 15 is 0 Å². The van der Waals surface area contributed by atoms with Crippen molar-refractivity contribution in [1.29, 1.82) is 0 Å². The molecule has 0 saturated heterocycles. The van der Waals surface area contributed by atoms with Gasteiger partial charge in [0.1, 0.15) is 5.75 Å². The second kappa shape index (κ2) is 4.92. The van der Waals surface area contributed by atoms with Crippen molar-refractivity contribution >= 4 is 16.9 Å². The fourth-order valence-electron chi connectivity index (χ4n) is 0.964. The normalized spacial score (nSPS) is 9.69. The van der Waals surface area contributed by atoms with Crippen LogP contribution in [-0.2, 0) is 0 Å². The fourth-order valence-corrected chi connectivity index (χ4v) is 1.52. The highest BCUT2D eigenvalue weighted by atomic mass is 32.2. The molecule has 3 heteroatoms. The molecule has 70 valence electrons. The number of hydrogen-bond donors (Lipinski definition) is 0. The van der Waals surface area contributed by atoms with Crippen LogP contribution in [0.4, 0.5) is 0 Å². The van der Waals surface area contributed by atoms with Crippen LogP contribution >= 0.6 is 11.8 Å². The van der Waals surface area contributed by atoms with Crippen molar-refractivity contribution in [1.82, 2.24) is 0 Å². The summed E-state index contributed by atoms with van der Waals surface area (Å²) in [6.07, 6.45) is 0. The van der Waals surface area contributed by atoms with Gasteiger partial charge >= 0.3 is 0 Å². The first-order valence-electron chi connectivity index (χ1n) is 4.09. The van der Waals surface area contributed by atoms with Crippen LogP contribution in [0.2, 0.25) is 0 Å². The Morgan fingerprint density at radius 2 is 2.31 bits per heavy atom. The van der Waals surface area contributed by atoms with Gasteiger partial charge in [0.15, 0.2) is 0 Å². The lowest BCUT2D eigenvalue weighted by molar-refractivity contribution is 0.108. The van der Waals surface area contributed by atoms with Crippen molar-refractivity contribution in [2.24, 2.45) is 0 Å². The molecule has 1 aromatic rings. The van der Waals surface area contributed by atoms with E-state index in [2.05, 4.69) is 0 Å². The highest BCUT2D eigenvalue weighted by molar-refractivity contribution is 8.14. The van der Waals surface area contributed by atoms with Crippen LogP contribution in [-0.4, -0.2) is 18.0 Å². The summed E-state index contributed by atoms with van der Waals surface area (Å²) in [7, 11) is 1.59. The van der Waals surface area contributed by atoms with Crippen LogP contribution in [0.25, 0.3) is 0 Å². The van der Waals surface area contributed by atoms with Crippen molar-refractivity contribution in [3.8, 4) is 5.75 Å². The third-order valence-corrected chi connectivity index (χ3v) is 2.37. The maximum atomic E-state index is 11.4. The van der Waals surface area contributed by atoms with Gasteiger partial charge in [-0.25, -0.2) is 0 Å². The van der Waals surface area contributed by atoms with E-state index in [4.69, 9.17) is 4.74 Å². The SMILES string of the molecule is CCSC(=O)c1cccc(OC)c1.